The molecule has 0 saturated carbocycles. The van der Waals surface area contributed by atoms with Gasteiger partial charge in [0.1, 0.15) is 0 Å². The second kappa shape index (κ2) is 4.91. The first-order chi connectivity index (χ1) is 8.09. The lowest BCUT2D eigenvalue weighted by atomic mass is 9.99. The molecule has 0 fully saturated rings. The number of carbonyl (C=O) groups excluding carboxylic acids is 1. The summed E-state index contributed by atoms with van der Waals surface area (Å²) in [5.74, 6) is -0.0789. The first-order valence-electron chi connectivity index (χ1n) is 5.15. The van der Waals surface area contributed by atoms with Gasteiger partial charge in [-0.05, 0) is 30.7 Å². The predicted molar refractivity (Wildman–Crippen MR) is 71.1 cm³/mol. The van der Waals surface area contributed by atoms with Gasteiger partial charge in [-0.25, -0.2) is 0 Å². The molecular weight excluding hydrogens is 255 g/mol. The summed E-state index contributed by atoms with van der Waals surface area (Å²) in [4.78, 5) is 12.3. The molecular formula is C14H10Cl2O. The molecule has 0 aliphatic rings. The van der Waals surface area contributed by atoms with Crippen molar-refractivity contribution in [1.82, 2.24) is 0 Å². The Hall–Kier alpha value is -1.31. The van der Waals surface area contributed by atoms with Crippen LogP contribution in [0, 0.1) is 6.92 Å². The number of rotatable bonds is 2. The third-order valence-electron chi connectivity index (χ3n) is 2.57. The molecule has 0 heterocycles. The number of benzene rings is 2. The summed E-state index contributed by atoms with van der Waals surface area (Å²) >= 11 is 11.8. The molecule has 2 rings (SSSR count). The fourth-order valence-corrected chi connectivity index (χ4v) is 2.14. The van der Waals surface area contributed by atoms with Gasteiger partial charge < -0.3 is 0 Å². The molecule has 0 radical (unpaired) electrons. The Bertz CT molecular complexity index is 576. The Balaban J connectivity index is 2.48. The maximum atomic E-state index is 12.3. The van der Waals surface area contributed by atoms with Gasteiger partial charge in [0.2, 0.25) is 0 Å². The molecule has 2 aromatic rings. The van der Waals surface area contributed by atoms with Crippen LogP contribution in [0.1, 0.15) is 21.5 Å². The van der Waals surface area contributed by atoms with Gasteiger partial charge in [-0.3, -0.25) is 4.79 Å². The molecule has 1 nitrogen and oxygen atoms in total. The normalized spacial score (nSPS) is 10.3. The summed E-state index contributed by atoms with van der Waals surface area (Å²) in [5, 5.41) is 0.905. The highest BCUT2D eigenvalue weighted by molar-refractivity contribution is 6.37. The van der Waals surface area contributed by atoms with E-state index in [0.29, 0.717) is 21.2 Å². The lowest BCUT2D eigenvalue weighted by Gasteiger charge is -2.06. The van der Waals surface area contributed by atoms with Crippen LogP contribution in [-0.2, 0) is 0 Å². The van der Waals surface area contributed by atoms with Gasteiger partial charge in [0.25, 0.3) is 0 Å². The van der Waals surface area contributed by atoms with Gasteiger partial charge in [-0.15, -0.1) is 0 Å². The quantitative estimate of drug-likeness (QED) is 0.729. The maximum absolute atomic E-state index is 12.3. The van der Waals surface area contributed by atoms with Crippen molar-refractivity contribution in [1.29, 1.82) is 0 Å². The highest BCUT2D eigenvalue weighted by Crippen LogP contribution is 2.24. The van der Waals surface area contributed by atoms with Gasteiger partial charge in [0.05, 0.1) is 5.02 Å². The van der Waals surface area contributed by atoms with Gasteiger partial charge in [0.15, 0.2) is 5.78 Å². The largest absolute Gasteiger partial charge is 0.289 e. The van der Waals surface area contributed by atoms with E-state index in [-0.39, 0.29) is 5.78 Å². The first-order valence-corrected chi connectivity index (χ1v) is 5.90. The second-order valence-electron chi connectivity index (χ2n) is 3.77. The Kier molecular flexibility index (Phi) is 3.51. The van der Waals surface area contributed by atoms with Crippen LogP contribution in [0.5, 0.6) is 0 Å². The molecule has 0 amide bonds. The van der Waals surface area contributed by atoms with Crippen LogP contribution in [0.25, 0.3) is 0 Å². The average Bonchev–Trinajstić information content (AvgIpc) is 2.29. The number of halogens is 2. The van der Waals surface area contributed by atoms with E-state index in [0.717, 1.165) is 5.56 Å². The fourth-order valence-electron chi connectivity index (χ4n) is 1.65. The van der Waals surface area contributed by atoms with Crippen molar-refractivity contribution in [3.8, 4) is 0 Å². The Morgan fingerprint density at radius 1 is 1.00 bits per heavy atom. The second-order valence-corrected chi connectivity index (χ2v) is 4.61. The van der Waals surface area contributed by atoms with E-state index < -0.39 is 0 Å². The Morgan fingerprint density at radius 2 is 1.71 bits per heavy atom. The van der Waals surface area contributed by atoms with Crippen LogP contribution in [0.15, 0.2) is 42.5 Å². The number of carbonyl (C=O) groups is 1. The standard InChI is InChI=1S/C14H10Cl2O/c1-9-4-2-3-5-11(9)14(17)12-7-6-10(15)8-13(12)16/h2-8H,1H3. The van der Waals surface area contributed by atoms with E-state index in [1.807, 2.05) is 25.1 Å². The summed E-state index contributed by atoms with van der Waals surface area (Å²) < 4.78 is 0. The van der Waals surface area contributed by atoms with Crippen LogP contribution < -0.4 is 0 Å². The first kappa shape index (κ1) is 12.2. The average molecular weight is 265 g/mol. The Morgan fingerprint density at radius 3 is 2.35 bits per heavy atom. The van der Waals surface area contributed by atoms with E-state index in [4.69, 9.17) is 23.2 Å². The Labute approximate surface area is 110 Å². The predicted octanol–water partition coefficient (Wildman–Crippen LogP) is 4.53. The molecule has 0 atom stereocenters. The zero-order valence-electron chi connectivity index (χ0n) is 9.21. The fraction of sp³-hybridized carbons (Fsp3) is 0.0714. The monoisotopic (exact) mass is 264 g/mol. The summed E-state index contributed by atoms with van der Waals surface area (Å²) in [6.07, 6.45) is 0. The number of hydrogen-bond acceptors (Lipinski definition) is 1. The molecule has 2 aromatic carbocycles. The van der Waals surface area contributed by atoms with Crippen LogP contribution in [0.2, 0.25) is 10.0 Å². The van der Waals surface area contributed by atoms with Gasteiger partial charge in [0, 0.05) is 16.1 Å². The molecule has 0 bridgehead atoms. The zero-order valence-corrected chi connectivity index (χ0v) is 10.7. The zero-order chi connectivity index (χ0) is 12.4. The topological polar surface area (TPSA) is 17.1 Å². The van der Waals surface area contributed by atoms with Crippen molar-refractivity contribution in [2.24, 2.45) is 0 Å². The minimum absolute atomic E-state index is 0.0789. The molecule has 3 heteroatoms. The van der Waals surface area contributed by atoms with E-state index in [1.165, 1.54) is 0 Å². The molecule has 86 valence electrons. The van der Waals surface area contributed by atoms with Crippen molar-refractivity contribution in [3.63, 3.8) is 0 Å². The van der Waals surface area contributed by atoms with Crippen molar-refractivity contribution in [2.45, 2.75) is 6.92 Å². The summed E-state index contributed by atoms with van der Waals surface area (Å²) in [6, 6.07) is 12.3. The summed E-state index contributed by atoms with van der Waals surface area (Å²) in [5.41, 5.74) is 2.07. The molecule has 0 spiro atoms. The van der Waals surface area contributed by atoms with E-state index in [1.54, 1.807) is 24.3 Å². The number of aryl methyl sites for hydroxylation is 1. The lowest BCUT2D eigenvalue weighted by Crippen LogP contribution is -2.04. The van der Waals surface area contributed by atoms with Crippen LogP contribution in [0.4, 0.5) is 0 Å². The number of ketones is 1. The highest BCUT2D eigenvalue weighted by Gasteiger charge is 2.14. The minimum Gasteiger partial charge on any atom is -0.289 e. The smallest absolute Gasteiger partial charge is 0.194 e. The SMILES string of the molecule is Cc1ccccc1C(=O)c1ccc(Cl)cc1Cl. The minimum atomic E-state index is -0.0789. The van der Waals surface area contributed by atoms with Gasteiger partial charge >= 0.3 is 0 Å². The molecule has 0 unspecified atom stereocenters. The molecule has 0 N–H and O–H groups in total. The molecule has 0 aromatic heterocycles. The summed E-state index contributed by atoms with van der Waals surface area (Å²) in [6.45, 7) is 1.90. The lowest BCUT2D eigenvalue weighted by molar-refractivity contribution is 0.103. The van der Waals surface area contributed by atoms with Crippen LogP contribution in [0.3, 0.4) is 0 Å². The maximum Gasteiger partial charge on any atom is 0.194 e. The summed E-state index contributed by atoms with van der Waals surface area (Å²) in [7, 11) is 0. The van der Waals surface area contributed by atoms with Gasteiger partial charge in [-0.1, -0.05) is 47.5 Å². The molecule has 0 saturated heterocycles. The molecule has 17 heavy (non-hydrogen) atoms. The molecule has 0 aliphatic heterocycles. The van der Waals surface area contributed by atoms with Crippen LogP contribution in [-0.4, -0.2) is 5.78 Å². The van der Waals surface area contributed by atoms with Crippen molar-refractivity contribution < 1.29 is 4.79 Å². The van der Waals surface area contributed by atoms with E-state index in [9.17, 15) is 4.79 Å². The third-order valence-corrected chi connectivity index (χ3v) is 3.11. The van der Waals surface area contributed by atoms with E-state index >= 15 is 0 Å². The van der Waals surface area contributed by atoms with Crippen LogP contribution >= 0.6 is 23.2 Å². The van der Waals surface area contributed by atoms with Crippen molar-refractivity contribution >= 4 is 29.0 Å². The van der Waals surface area contributed by atoms with Gasteiger partial charge in [-0.2, -0.15) is 0 Å². The third kappa shape index (κ3) is 2.51. The van der Waals surface area contributed by atoms with Crippen molar-refractivity contribution in [3.05, 3.63) is 69.2 Å². The van der Waals surface area contributed by atoms with Crippen molar-refractivity contribution in [2.75, 3.05) is 0 Å². The molecule has 0 aliphatic carbocycles. The highest BCUT2D eigenvalue weighted by atomic mass is 35.5. The number of hydrogen-bond donors (Lipinski definition) is 0. The van der Waals surface area contributed by atoms with E-state index in [2.05, 4.69) is 0 Å².